The number of benzene rings is 2. The summed E-state index contributed by atoms with van der Waals surface area (Å²) in [5.41, 5.74) is 4.67. The van der Waals surface area contributed by atoms with Crippen molar-refractivity contribution < 1.29 is 9.53 Å². The Hall–Kier alpha value is -3.41. The monoisotopic (exact) mass is 470 g/mol. The molecule has 0 bridgehead atoms. The number of nitrogens with zero attached hydrogens (tertiary/aromatic N) is 4. The lowest BCUT2D eigenvalue weighted by molar-refractivity contribution is -0.132. The van der Waals surface area contributed by atoms with Crippen LogP contribution >= 0.6 is 0 Å². The Morgan fingerprint density at radius 1 is 0.971 bits per heavy atom. The van der Waals surface area contributed by atoms with Crippen molar-refractivity contribution in [2.75, 3.05) is 38.2 Å². The van der Waals surface area contributed by atoms with Gasteiger partial charge in [0, 0.05) is 49.8 Å². The number of aromatic nitrogens is 2. The zero-order chi connectivity index (χ0) is 24.4. The van der Waals surface area contributed by atoms with Crippen LogP contribution in [0.3, 0.4) is 0 Å². The molecule has 6 nitrogen and oxygen atoms in total. The Kier molecular flexibility index (Phi) is 6.71. The summed E-state index contributed by atoms with van der Waals surface area (Å²) < 4.78 is 5.31. The van der Waals surface area contributed by atoms with Crippen LogP contribution < -0.4 is 9.64 Å². The van der Waals surface area contributed by atoms with Gasteiger partial charge in [0.2, 0.25) is 5.91 Å². The first-order chi connectivity index (χ1) is 17.0. The molecule has 2 atom stereocenters. The van der Waals surface area contributed by atoms with Crippen LogP contribution in [0.25, 0.3) is 0 Å². The van der Waals surface area contributed by atoms with E-state index in [0.29, 0.717) is 11.8 Å². The van der Waals surface area contributed by atoms with Crippen molar-refractivity contribution in [3.05, 3.63) is 82.8 Å². The molecule has 0 spiro atoms. The highest BCUT2D eigenvalue weighted by molar-refractivity contribution is 5.83. The molecule has 2 heterocycles. The van der Waals surface area contributed by atoms with E-state index in [4.69, 9.17) is 9.72 Å². The van der Waals surface area contributed by atoms with Gasteiger partial charge in [-0.05, 0) is 55.9 Å². The van der Waals surface area contributed by atoms with Crippen molar-refractivity contribution >= 4 is 11.7 Å². The lowest BCUT2D eigenvalue weighted by Crippen LogP contribution is -2.36. The van der Waals surface area contributed by atoms with Crippen LogP contribution in [-0.4, -0.2) is 54.1 Å². The molecule has 0 N–H and O–H groups in total. The van der Waals surface area contributed by atoms with Crippen LogP contribution in [0.15, 0.2) is 54.6 Å². The highest BCUT2D eigenvalue weighted by Gasteiger charge is 2.45. The molecule has 2 fully saturated rings. The van der Waals surface area contributed by atoms with E-state index in [9.17, 15) is 4.79 Å². The minimum atomic E-state index is 0.137. The molecule has 2 aromatic carbocycles. The van der Waals surface area contributed by atoms with Crippen molar-refractivity contribution in [2.45, 2.75) is 39.0 Å². The van der Waals surface area contributed by atoms with Gasteiger partial charge < -0.3 is 14.5 Å². The Labute approximate surface area is 208 Å². The van der Waals surface area contributed by atoms with Gasteiger partial charge in [-0.15, -0.1) is 0 Å². The van der Waals surface area contributed by atoms with Gasteiger partial charge >= 0.3 is 0 Å². The van der Waals surface area contributed by atoms with Gasteiger partial charge in [0.05, 0.1) is 7.11 Å². The van der Waals surface area contributed by atoms with E-state index in [-0.39, 0.29) is 5.92 Å². The zero-order valence-electron chi connectivity index (χ0n) is 20.9. The first kappa shape index (κ1) is 23.3. The van der Waals surface area contributed by atoms with Crippen molar-refractivity contribution in [3.63, 3.8) is 0 Å². The summed E-state index contributed by atoms with van der Waals surface area (Å²) >= 11 is 0. The molecular formula is C29H34N4O2. The second-order valence-corrected chi connectivity index (χ2v) is 9.71. The Morgan fingerprint density at radius 3 is 2.49 bits per heavy atom. The molecule has 182 valence electrons. The second kappa shape index (κ2) is 10.1. The van der Waals surface area contributed by atoms with Crippen LogP contribution in [0, 0.1) is 19.8 Å². The Morgan fingerprint density at radius 2 is 1.74 bits per heavy atom. The lowest BCUT2D eigenvalue weighted by Gasteiger charge is -2.26. The van der Waals surface area contributed by atoms with Gasteiger partial charge in [-0.1, -0.05) is 42.5 Å². The molecule has 0 radical (unpaired) electrons. The van der Waals surface area contributed by atoms with Gasteiger partial charge in [0.15, 0.2) is 0 Å². The summed E-state index contributed by atoms with van der Waals surface area (Å²) in [6, 6.07) is 18.6. The lowest BCUT2D eigenvalue weighted by atomic mass is 10.0. The molecule has 1 aliphatic carbocycles. The first-order valence-electron chi connectivity index (χ1n) is 12.6. The fourth-order valence-corrected chi connectivity index (χ4v) is 5.25. The van der Waals surface area contributed by atoms with E-state index in [0.717, 1.165) is 74.1 Å². The normalized spacial score (nSPS) is 19.9. The zero-order valence-corrected chi connectivity index (χ0v) is 20.9. The maximum Gasteiger partial charge on any atom is 0.226 e. The average Bonchev–Trinajstić information content (AvgIpc) is 3.70. The third-order valence-electron chi connectivity index (χ3n) is 7.29. The fourth-order valence-electron chi connectivity index (χ4n) is 5.25. The van der Waals surface area contributed by atoms with E-state index in [1.807, 2.05) is 25.1 Å². The molecule has 6 heteroatoms. The number of rotatable bonds is 6. The number of carbonyl (C=O) groups excluding carboxylic acids is 1. The summed E-state index contributed by atoms with van der Waals surface area (Å²) in [6.07, 6.45) is 2.68. The summed E-state index contributed by atoms with van der Waals surface area (Å²) in [7, 11) is 1.68. The minimum absolute atomic E-state index is 0.137. The number of hydrogen-bond acceptors (Lipinski definition) is 5. The van der Waals surface area contributed by atoms with Crippen molar-refractivity contribution in [3.8, 4) is 5.75 Å². The predicted molar refractivity (Wildman–Crippen MR) is 138 cm³/mol. The van der Waals surface area contributed by atoms with Gasteiger partial charge in [-0.3, -0.25) is 4.79 Å². The number of aryl methyl sites for hydroxylation is 2. The molecule has 35 heavy (non-hydrogen) atoms. The molecule has 2 unspecified atom stereocenters. The highest BCUT2D eigenvalue weighted by atomic mass is 16.5. The summed E-state index contributed by atoms with van der Waals surface area (Å²) in [4.78, 5) is 27.3. The number of methoxy groups -OCH3 is 1. The molecule has 1 saturated carbocycles. The number of hydrogen-bond donors (Lipinski definition) is 0. The minimum Gasteiger partial charge on any atom is -0.497 e. The maximum atomic E-state index is 13.3. The predicted octanol–water partition coefficient (Wildman–Crippen LogP) is 4.54. The van der Waals surface area contributed by atoms with E-state index < -0.39 is 0 Å². The molecular weight excluding hydrogens is 436 g/mol. The molecule has 5 rings (SSSR count). The van der Waals surface area contributed by atoms with Crippen molar-refractivity contribution in [1.82, 2.24) is 14.9 Å². The van der Waals surface area contributed by atoms with E-state index >= 15 is 0 Å². The SMILES string of the molecule is COc1ccc(Cc2c(C)nc(C)nc2N2CCCN(C(=O)C3CC3c3ccccc3)CC2)cc1. The number of carbonyl (C=O) groups is 1. The van der Waals surface area contributed by atoms with Crippen LogP contribution in [0.2, 0.25) is 0 Å². The topological polar surface area (TPSA) is 58.6 Å². The Bertz CT molecular complexity index is 1180. The quantitative estimate of drug-likeness (QED) is 0.530. The molecule has 1 saturated heterocycles. The largest absolute Gasteiger partial charge is 0.497 e. The molecule has 1 aliphatic heterocycles. The number of anilines is 1. The standard InChI is InChI=1S/C29H34N4O2/c1-20-25(18-22-10-12-24(35-3)13-11-22)28(31-21(2)30-20)32-14-7-15-33(17-16-32)29(34)27-19-26(27)23-8-5-4-6-9-23/h4-6,8-13,26-27H,7,14-19H2,1-3H3. The van der Waals surface area contributed by atoms with E-state index in [1.165, 1.54) is 11.1 Å². The van der Waals surface area contributed by atoms with Gasteiger partial charge in [0.1, 0.15) is 17.4 Å². The van der Waals surface area contributed by atoms with E-state index in [2.05, 4.69) is 58.1 Å². The third kappa shape index (κ3) is 5.16. The van der Waals surface area contributed by atoms with Crippen LogP contribution in [0.1, 0.15) is 47.0 Å². The van der Waals surface area contributed by atoms with Crippen LogP contribution in [-0.2, 0) is 11.2 Å². The van der Waals surface area contributed by atoms with Crippen LogP contribution in [0.5, 0.6) is 5.75 Å². The van der Waals surface area contributed by atoms with Gasteiger partial charge in [-0.2, -0.15) is 0 Å². The third-order valence-corrected chi connectivity index (χ3v) is 7.29. The Balaban J connectivity index is 1.29. The smallest absolute Gasteiger partial charge is 0.226 e. The molecule has 3 aromatic rings. The van der Waals surface area contributed by atoms with E-state index in [1.54, 1.807) is 7.11 Å². The molecule has 2 aliphatic rings. The number of amides is 1. The van der Waals surface area contributed by atoms with Crippen LogP contribution in [0.4, 0.5) is 5.82 Å². The second-order valence-electron chi connectivity index (χ2n) is 9.71. The first-order valence-corrected chi connectivity index (χ1v) is 12.6. The van der Waals surface area contributed by atoms with Gasteiger partial charge in [0.25, 0.3) is 0 Å². The fraction of sp³-hybridized carbons (Fsp3) is 0.414. The van der Waals surface area contributed by atoms with Gasteiger partial charge in [-0.25, -0.2) is 9.97 Å². The summed E-state index contributed by atoms with van der Waals surface area (Å²) in [5.74, 6) is 3.48. The molecule has 1 amide bonds. The molecule has 1 aromatic heterocycles. The average molecular weight is 471 g/mol. The van der Waals surface area contributed by atoms with Crippen molar-refractivity contribution in [2.24, 2.45) is 5.92 Å². The maximum absolute atomic E-state index is 13.3. The summed E-state index contributed by atoms with van der Waals surface area (Å²) in [5, 5.41) is 0. The van der Waals surface area contributed by atoms with Crippen molar-refractivity contribution in [1.29, 1.82) is 0 Å². The highest BCUT2D eigenvalue weighted by Crippen LogP contribution is 2.48. The summed E-state index contributed by atoms with van der Waals surface area (Å²) in [6.45, 7) is 7.26. The number of ether oxygens (including phenoxy) is 1.